The lowest BCUT2D eigenvalue weighted by atomic mass is 9.92. The summed E-state index contributed by atoms with van der Waals surface area (Å²) in [6.45, 7) is 0. The van der Waals surface area contributed by atoms with Crippen LogP contribution in [-0.4, -0.2) is 12.0 Å². The molecule has 1 aromatic rings. The molecule has 18 heavy (non-hydrogen) atoms. The number of aromatic nitrogens is 1. The number of nitrogens with zero attached hydrogens (tertiary/aromatic N) is 1. The molecule has 0 spiro atoms. The first-order chi connectivity index (χ1) is 8.81. The van der Waals surface area contributed by atoms with Gasteiger partial charge in [-0.25, -0.2) is 0 Å². The molecular formula is C15H21BrN2. The fraction of sp³-hybridized carbons (Fsp3) is 0.533. The molecule has 0 amide bonds. The van der Waals surface area contributed by atoms with E-state index in [-0.39, 0.29) is 0 Å². The molecule has 0 bridgehead atoms. The van der Waals surface area contributed by atoms with Crippen LogP contribution < -0.4 is 5.32 Å². The van der Waals surface area contributed by atoms with Crippen molar-refractivity contribution in [1.29, 1.82) is 0 Å². The van der Waals surface area contributed by atoms with Crippen molar-refractivity contribution >= 4 is 15.9 Å². The van der Waals surface area contributed by atoms with E-state index >= 15 is 0 Å². The van der Waals surface area contributed by atoms with Gasteiger partial charge in [0.15, 0.2) is 0 Å². The van der Waals surface area contributed by atoms with E-state index in [0.29, 0.717) is 6.04 Å². The highest BCUT2D eigenvalue weighted by atomic mass is 79.9. The van der Waals surface area contributed by atoms with Crippen molar-refractivity contribution < 1.29 is 0 Å². The molecule has 3 heteroatoms. The summed E-state index contributed by atoms with van der Waals surface area (Å²) in [5.74, 6) is 0. The molecule has 98 valence electrons. The predicted molar refractivity (Wildman–Crippen MR) is 79.5 cm³/mol. The Morgan fingerprint density at radius 1 is 1.22 bits per heavy atom. The van der Waals surface area contributed by atoms with Crippen molar-refractivity contribution in [2.24, 2.45) is 0 Å². The molecule has 1 heterocycles. The first kappa shape index (κ1) is 13.8. The predicted octanol–water partition coefficient (Wildman–Crippen LogP) is 4.39. The molecule has 2 rings (SSSR count). The summed E-state index contributed by atoms with van der Waals surface area (Å²) in [6.07, 6.45) is 14.0. The fourth-order valence-electron chi connectivity index (χ4n) is 2.63. The third-order valence-corrected chi connectivity index (χ3v) is 3.98. The van der Waals surface area contributed by atoms with Crippen LogP contribution >= 0.6 is 15.9 Å². The average molecular weight is 309 g/mol. The van der Waals surface area contributed by atoms with Crippen molar-refractivity contribution in [3.05, 3.63) is 40.1 Å². The van der Waals surface area contributed by atoms with Gasteiger partial charge < -0.3 is 5.32 Å². The largest absolute Gasteiger partial charge is 0.310 e. The highest BCUT2D eigenvalue weighted by Gasteiger charge is 2.15. The summed E-state index contributed by atoms with van der Waals surface area (Å²) >= 11 is 3.50. The van der Waals surface area contributed by atoms with E-state index in [4.69, 9.17) is 0 Å². The number of pyridine rings is 1. The maximum Gasteiger partial charge on any atom is 0.0549 e. The molecule has 0 aromatic carbocycles. The second-order valence-electron chi connectivity index (χ2n) is 4.89. The van der Waals surface area contributed by atoms with Gasteiger partial charge in [-0.1, -0.05) is 24.5 Å². The third kappa shape index (κ3) is 3.66. The first-order valence-corrected chi connectivity index (χ1v) is 7.57. The zero-order valence-corrected chi connectivity index (χ0v) is 12.5. The second kappa shape index (κ2) is 7.05. The number of nitrogens with one attached hydrogen (secondary N) is 1. The van der Waals surface area contributed by atoms with Crippen molar-refractivity contribution in [2.45, 2.75) is 44.6 Å². The quantitative estimate of drug-likeness (QED) is 0.838. The highest BCUT2D eigenvalue weighted by Crippen LogP contribution is 2.29. The Balaban J connectivity index is 2.21. The summed E-state index contributed by atoms with van der Waals surface area (Å²) in [7, 11) is 2.03. The van der Waals surface area contributed by atoms with Crippen molar-refractivity contribution in [2.75, 3.05) is 7.05 Å². The molecule has 0 saturated heterocycles. The van der Waals surface area contributed by atoms with E-state index in [2.05, 4.69) is 38.4 Å². The van der Waals surface area contributed by atoms with Gasteiger partial charge in [-0.3, -0.25) is 4.98 Å². The SMILES string of the molecule is CNC(/C1=C/CCCCCC1)c1cncc(Br)c1. The minimum absolute atomic E-state index is 0.313. The van der Waals surface area contributed by atoms with Gasteiger partial charge in [0.05, 0.1) is 6.04 Å². The summed E-state index contributed by atoms with van der Waals surface area (Å²) in [5, 5.41) is 3.43. The highest BCUT2D eigenvalue weighted by molar-refractivity contribution is 9.10. The minimum Gasteiger partial charge on any atom is -0.310 e. The van der Waals surface area contributed by atoms with E-state index in [0.717, 1.165) is 4.47 Å². The van der Waals surface area contributed by atoms with Gasteiger partial charge in [0.1, 0.15) is 0 Å². The van der Waals surface area contributed by atoms with Crippen LogP contribution in [0, 0.1) is 0 Å². The Bertz CT molecular complexity index is 415. The molecule has 1 N–H and O–H groups in total. The maximum absolute atomic E-state index is 4.28. The van der Waals surface area contributed by atoms with Gasteiger partial charge in [-0.2, -0.15) is 0 Å². The number of hydrogen-bond donors (Lipinski definition) is 1. The molecule has 1 aliphatic rings. The van der Waals surface area contributed by atoms with Gasteiger partial charge in [-0.05, 0) is 60.3 Å². The molecule has 1 atom stereocenters. The summed E-state index contributed by atoms with van der Waals surface area (Å²) < 4.78 is 1.05. The molecule has 0 radical (unpaired) electrons. The van der Waals surface area contributed by atoms with E-state index in [1.165, 1.54) is 49.7 Å². The van der Waals surface area contributed by atoms with Crippen LogP contribution in [0.1, 0.15) is 50.1 Å². The maximum atomic E-state index is 4.28. The molecule has 0 fully saturated rings. The third-order valence-electron chi connectivity index (χ3n) is 3.54. The monoisotopic (exact) mass is 308 g/mol. The number of allylic oxidation sites excluding steroid dienone is 1. The molecule has 0 saturated carbocycles. The topological polar surface area (TPSA) is 24.9 Å². The van der Waals surface area contributed by atoms with E-state index < -0.39 is 0 Å². The lowest BCUT2D eigenvalue weighted by molar-refractivity contribution is 0.573. The van der Waals surface area contributed by atoms with Gasteiger partial charge >= 0.3 is 0 Å². The Hall–Kier alpha value is -0.670. The van der Waals surface area contributed by atoms with E-state index in [1.807, 2.05) is 19.4 Å². The van der Waals surface area contributed by atoms with E-state index in [9.17, 15) is 0 Å². The van der Waals surface area contributed by atoms with Crippen LogP contribution in [-0.2, 0) is 0 Å². The van der Waals surface area contributed by atoms with Crippen LogP contribution in [0.2, 0.25) is 0 Å². The van der Waals surface area contributed by atoms with Crippen LogP contribution in [0.3, 0.4) is 0 Å². The number of likely N-dealkylation sites (N-methyl/N-ethyl adjacent to an activating group) is 1. The smallest absolute Gasteiger partial charge is 0.0549 e. The number of hydrogen-bond acceptors (Lipinski definition) is 2. The lowest BCUT2D eigenvalue weighted by Crippen LogP contribution is -2.19. The zero-order chi connectivity index (χ0) is 12.8. The Kier molecular flexibility index (Phi) is 5.39. The van der Waals surface area contributed by atoms with Crippen LogP contribution in [0.25, 0.3) is 0 Å². The first-order valence-electron chi connectivity index (χ1n) is 6.78. The normalized spacial score (nSPS) is 21.6. The fourth-order valence-corrected chi connectivity index (χ4v) is 3.01. The number of halogens is 1. The van der Waals surface area contributed by atoms with Gasteiger partial charge in [0, 0.05) is 16.9 Å². The summed E-state index contributed by atoms with van der Waals surface area (Å²) in [6, 6.07) is 2.47. The molecule has 1 unspecified atom stereocenters. The molecule has 1 aliphatic carbocycles. The van der Waals surface area contributed by atoms with Crippen LogP contribution in [0.5, 0.6) is 0 Å². The molecule has 2 nitrogen and oxygen atoms in total. The average Bonchev–Trinajstić information content (AvgIpc) is 2.32. The molecule has 0 aliphatic heterocycles. The van der Waals surface area contributed by atoms with E-state index in [1.54, 1.807) is 0 Å². The molecular weight excluding hydrogens is 288 g/mol. The van der Waals surface area contributed by atoms with Crippen molar-refractivity contribution in [1.82, 2.24) is 10.3 Å². The Morgan fingerprint density at radius 3 is 2.83 bits per heavy atom. The Labute approximate surface area is 118 Å². The van der Waals surface area contributed by atoms with Crippen LogP contribution in [0.4, 0.5) is 0 Å². The van der Waals surface area contributed by atoms with Crippen molar-refractivity contribution in [3.63, 3.8) is 0 Å². The van der Waals surface area contributed by atoms with Crippen molar-refractivity contribution in [3.8, 4) is 0 Å². The van der Waals surface area contributed by atoms with Gasteiger partial charge in [0.25, 0.3) is 0 Å². The zero-order valence-electron chi connectivity index (χ0n) is 11.0. The second-order valence-corrected chi connectivity index (χ2v) is 5.81. The standard InChI is InChI=1S/C15H21BrN2/c1-17-15(13-9-14(16)11-18-10-13)12-7-5-3-2-4-6-8-12/h7,9-11,15,17H,2-6,8H2,1H3/b12-7+. The lowest BCUT2D eigenvalue weighted by Gasteiger charge is -2.22. The van der Waals surface area contributed by atoms with Gasteiger partial charge in [0.2, 0.25) is 0 Å². The van der Waals surface area contributed by atoms with Gasteiger partial charge in [-0.15, -0.1) is 0 Å². The van der Waals surface area contributed by atoms with Crippen LogP contribution in [0.15, 0.2) is 34.6 Å². The minimum atomic E-state index is 0.313. The molecule has 1 aromatic heterocycles. The summed E-state index contributed by atoms with van der Waals surface area (Å²) in [4.78, 5) is 4.28. The number of rotatable bonds is 3. The summed E-state index contributed by atoms with van der Waals surface area (Å²) in [5.41, 5.74) is 2.77. The Morgan fingerprint density at radius 2 is 2.06 bits per heavy atom.